The van der Waals surface area contributed by atoms with Gasteiger partial charge in [-0.15, -0.1) is 11.3 Å². The zero-order valence-corrected chi connectivity index (χ0v) is 14.7. The molecule has 3 N–H and O–H groups in total. The van der Waals surface area contributed by atoms with Gasteiger partial charge in [-0.2, -0.15) is 0 Å². The van der Waals surface area contributed by atoms with E-state index in [1.54, 1.807) is 5.38 Å². The highest BCUT2D eigenvalue weighted by molar-refractivity contribution is 7.12. The molecule has 27 heavy (non-hydrogen) atoms. The van der Waals surface area contributed by atoms with Gasteiger partial charge in [0.05, 0.1) is 10.9 Å². The van der Waals surface area contributed by atoms with Crippen LogP contribution in [0.3, 0.4) is 0 Å². The van der Waals surface area contributed by atoms with Crippen molar-refractivity contribution in [2.45, 2.75) is 12.5 Å². The van der Waals surface area contributed by atoms with Gasteiger partial charge in [-0.1, -0.05) is 0 Å². The SMILES string of the molecule is NC1CCN(c2c(F)cc3c(=O)c(C(=O)O)cn(-c4nccs4)c3c2F)C1. The number of thiazole rings is 1. The van der Waals surface area contributed by atoms with Gasteiger partial charge in [0.15, 0.2) is 10.9 Å². The Kier molecular flexibility index (Phi) is 4.16. The summed E-state index contributed by atoms with van der Waals surface area (Å²) in [5.41, 5.74) is 3.82. The number of anilines is 1. The first-order valence-electron chi connectivity index (χ1n) is 8.09. The number of aromatic carboxylic acids is 1. The number of nitrogens with zero attached hydrogens (tertiary/aromatic N) is 3. The average Bonchev–Trinajstić information content (AvgIpc) is 3.27. The summed E-state index contributed by atoms with van der Waals surface area (Å²) < 4.78 is 31.3. The number of halogens is 2. The highest BCUT2D eigenvalue weighted by Crippen LogP contribution is 2.33. The monoisotopic (exact) mass is 392 g/mol. The molecular formula is C17H14F2N4O3S. The molecule has 1 aromatic carbocycles. The fraction of sp³-hybridized carbons (Fsp3) is 0.235. The van der Waals surface area contributed by atoms with Crippen molar-refractivity contribution in [1.29, 1.82) is 0 Å². The maximum absolute atomic E-state index is 15.4. The molecule has 1 unspecified atom stereocenters. The van der Waals surface area contributed by atoms with Crippen LogP contribution >= 0.6 is 11.3 Å². The lowest BCUT2D eigenvalue weighted by molar-refractivity contribution is 0.0695. The molecule has 3 heterocycles. The Balaban J connectivity index is 2.09. The van der Waals surface area contributed by atoms with Gasteiger partial charge in [0, 0.05) is 36.9 Å². The molecule has 1 fully saturated rings. The van der Waals surface area contributed by atoms with Crippen LogP contribution in [0.25, 0.3) is 16.0 Å². The van der Waals surface area contributed by atoms with Crippen LogP contribution < -0.4 is 16.1 Å². The van der Waals surface area contributed by atoms with Gasteiger partial charge in [-0.25, -0.2) is 18.6 Å². The lowest BCUT2D eigenvalue weighted by Gasteiger charge is -2.21. The number of carboxylic acids is 1. The van der Waals surface area contributed by atoms with Crippen molar-refractivity contribution in [3.63, 3.8) is 0 Å². The van der Waals surface area contributed by atoms with Crippen LogP contribution in [0.15, 0.2) is 28.6 Å². The summed E-state index contributed by atoms with van der Waals surface area (Å²) in [5, 5.41) is 10.8. The van der Waals surface area contributed by atoms with E-state index in [9.17, 15) is 19.1 Å². The molecule has 1 atom stereocenters. The minimum atomic E-state index is -1.48. The first kappa shape index (κ1) is 17.6. The van der Waals surface area contributed by atoms with E-state index < -0.39 is 28.6 Å². The first-order chi connectivity index (χ1) is 12.9. The van der Waals surface area contributed by atoms with Gasteiger partial charge in [0.25, 0.3) is 0 Å². The molecule has 2 aromatic heterocycles. The molecule has 1 aliphatic rings. The molecular weight excluding hydrogens is 378 g/mol. The van der Waals surface area contributed by atoms with Crippen LogP contribution in [-0.2, 0) is 0 Å². The number of hydrogen-bond acceptors (Lipinski definition) is 6. The normalized spacial score (nSPS) is 17.0. The number of pyridine rings is 1. The number of nitrogens with two attached hydrogens (primary N) is 1. The second-order valence-corrected chi connectivity index (χ2v) is 7.15. The van der Waals surface area contributed by atoms with Gasteiger partial charge in [-0.3, -0.25) is 9.36 Å². The second-order valence-electron chi connectivity index (χ2n) is 6.27. The van der Waals surface area contributed by atoms with Crippen LogP contribution in [-0.4, -0.2) is 39.8 Å². The molecule has 0 amide bonds. The van der Waals surface area contributed by atoms with Crippen LogP contribution in [0.4, 0.5) is 14.5 Å². The lowest BCUT2D eigenvalue weighted by atomic mass is 10.1. The molecule has 140 valence electrons. The smallest absolute Gasteiger partial charge is 0.341 e. The number of benzene rings is 1. The predicted octanol–water partition coefficient (Wildman–Crippen LogP) is 1.96. The third kappa shape index (κ3) is 2.77. The van der Waals surface area contributed by atoms with Crippen molar-refractivity contribution in [3.8, 4) is 5.13 Å². The highest BCUT2D eigenvalue weighted by Gasteiger charge is 2.29. The van der Waals surface area contributed by atoms with Crippen LogP contribution in [0.5, 0.6) is 0 Å². The van der Waals surface area contributed by atoms with Crippen molar-refractivity contribution >= 4 is 33.9 Å². The van der Waals surface area contributed by atoms with Crippen LogP contribution in [0.2, 0.25) is 0 Å². The molecule has 7 nitrogen and oxygen atoms in total. The quantitative estimate of drug-likeness (QED) is 0.707. The molecule has 0 radical (unpaired) electrons. The van der Waals surface area contributed by atoms with E-state index in [0.29, 0.717) is 13.0 Å². The Morgan fingerprint density at radius 3 is 2.78 bits per heavy atom. The van der Waals surface area contributed by atoms with E-state index in [-0.39, 0.29) is 34.3 Å². The summed E-state index contributed by atoms with van der Waals surface area (Å²) >= 11 is 1.13. The Morgan fingerprint density at radius 2 is 2.19 bits per heavy atom. The van der Waals surface area contributed by atoms with E-state index in [2.05, 4.69) is 4.98 Å². The molecule has 1 aliphatic heterocycles. The molecule has 3 aromatic rings. The maximum atomic E-state index is 15.4. The summed E-state index contributed by atoms with van der Waals surface area (Å²) in [4.78, 5) is 29.5. The molecule has 0 aliphatic carbocycles. The zero-order valence-electron chi connectivity index (χ0n) is 13.9. The Morgan fingerprint density at radius 1 is 1.41 bits per heavy atom. The van der Waals surface area contributed by atoms with Gasteiger partial charge in [0.2, 0.25) is 5.43 Å². The predicted molar refractivity (Wildman–Crippen MR) is 96.9 cm³/mol. The largest absolute Gasteiger partial charge is 0.477 e. The standard InChI is InChI=1S/C17H14F2N4O3S/c18-11-5-9-13(12(19)14(11)22-3-1-8(20)6-22)23(17-21-2-4-27-17)7-10(15(9)24)16(25)26/h2,4-5,7-8H,1,3,6,20H2,(H,25,26). The van der Waals surface area contributed by atoms with Gasteiger partial charge in [0.1, 0.15) is 17.1 Å². The Labute approximate surface area is 155 Å². The van der Waals surface area contributed by atoms with E-state index in [1.165, 1.54) is 15.7 Å². The van der Waals surface area contributed by atoms with E-state index in [1.807, 2.05) is 0 Å². The lowest BCUT2D eigenvalue weighted by Crippen LogP contribution is -2.28. The van der Waals surface area contributed by atoms with Crippen molar-refractivity contribution in [3.05, 3.63) is 51.3 Å². The Hall–Kier alpha value is -2.85. The number of aromatic nitrogens is 2. The molecule has 0 bridgehead atoms. The third-order valence-electron chi connectivity index (χ3n) is 4.55. The van der Waals surface area contributed by atoms with E-state index >= 15 is 4.39 Å². The van der Waals surface area contributed by atoms with Crippen LogP contribution in [0.1, 0.15) is 16.8 Å². The van der Waals surface area contributed by atoms with E-state index in [4.69, 9.17) is 5.73 Å². The Bertz CT molecular complexity index is 1110. The number of fused-ring (bicyclic) bond motifs is 1. The topological polar surface area (TPSA) is 101 Å². The molecule has 1 saturated heterocycles. The van der Waals surface area contributed by atoms with Crippen molar-refractivity contribution in [1.82, 2.24) is 9.55 Å². The van der Waals surface area contributed by atoms with Gasteiger partial charge < -0.3 is 15.7 Å². The summed E-state index contributed by atoms with van der Waals surface area (Å²) in [7, 11) is 0. The zero-order chi connectivity index (χ0) is 19.3. The summed E-state index contributed by atoms with van der Waals surface area (Å²) in [6, 6.07) is 0.686. The van der Waals surface area contributed by atoms with Crippen molar-refractivity contribution < 1.29 is 18.7 Å². The number of carboxylic acid groups (broad SMARTS) is 1. The summed E-state index contributed by atoms with van der Waals surface area (Å²) in [5.74, 6) is -3.36. The van der Waals surface area contributed by atoms with Crippen LogP contribution in [0, 0.1) is 11.6 Å². The minimum Gasteiger partial charge on any atom is -0.477 e. The molecule has 10 heteroatoms. The average molecular weight is 392 g/mol. The number of carbonyl (C=O) groups is 1. The first-order valence-corrected chi connectivity index (χ1v) is 8.97. The van der Waals surface area contributed by atoms with Gasteiger partial charge in [-0.05, 0) is 12.5 Å². The van der Waals surface area contributed by atoms with Crippen molar-refractivity contribution in [2.75, 3.05) is 18.0 Å². The highest BCUT2D eigenvalue weighted by atomic mass is 32.1. The summed E-state index contributed by atoms with van der Waals surface area (Å²) in [6.45, 7) is 0.670. The number of rotatable bonds is 3. The third-order valence-corrected chi connectivity index (χ3v) is 5.32. The summed E-state index contributed by atoms with van der Waals surface area (Å²) in [6.07, 6.45) is 3.08. The second kappa shape index (κ2) is 6.39. The molecule has 0 spiro atoms. The fourth-order valence-corrected chi connectivity index (χ4v) is 3.95. The molecule has 0 saturated carbocycles. The van der Waals surface area contributed by atoms with Gasteiger partial charge >= 0.3 is 5.97 Å². The fourth-order valence-electron chi connectivity index (χ4n) is 3.32. The molecule has 4 rings (SSSR count). The van der Waals surface area contributed by atoms with E-state index in [0.717, 1.165) is 23.6 Å². The number of hydrogen-bond donors (Lipinski definition) is 2. The van der Waals surface area contributed by atoms with Crippen molar-refractivity contribution in [2.24, 2.45) is 5.73 Å². The minimum absolute atomic E-state index is 0.199. The maximum Gasteiger partial charge on any atom is 0.341 e.